The number of aromatic amines is 1. The Balaban J connectivity index is 0.00000561. The number of aliphatic hydroxyl groups excluding tert-OH is 1. The Morgan fingerprint density at radius 2 is 1.76 bits per heavy atom. The first-order chi connectivity index (χ1) is 25.6. The zero-order valence-corrected chi connectivity index (χ0v) is 32.3. The van der Waals surface area contributed by atoms with Crippen LogP contribution in [0.2, 0.25) is 5.02 Å². The maximum Gasteiger partial charge on any atom is 0.347 e. The van der Waals surface area contributed by atoms with Crippen LogP contribution in [-0.4, -0.2) is 77.2 Å². The molecule has 1 aliphatic rings. The zero-order valence-electron chi connectivity index (χ0n) is 30.0. The summed E-state index contributed by atoms with van der Waals surface area (Å²) in [5.41, 5.74) is -0.178. The Morgan fingerprint density at radius 1 is 1.06 bits per heavy atom. The van der Waals surface area contributed by atoms with Crippen LogP contribution in [0.15, 0.2) is 76.2 Å². The van der Waals surface area contributed by atoms with Gasteiger partial charge in [-0.05, 0) is 85.8 Å². The fourth-order valence-electron chi connectivity index (χ4n) is 7.01. The van der Waals surface area contributed by atoms with E-state index in [4.69, 9.17) is 25.8 Å². The number of pyridine rings is 1. The van der Waals surface area contributed by atoms with E-state index in [2.05, 4.69) is 22.2 Å². The van der Waals surface area contributed by atoms with Crippen LogP contribution in [0.3, 0.4) is 0 Å². The molecule has 5 N–H and O–H groups in total. The number of hydrogen-bond donors (Lipinski definition) is 5. The molecule has 3 heterocycles. The number of halogens is 2. The molecule has 0 aliphatic heterocycles. The number of rotatable bonds is 17. The maximum absolute atomic E-state index is 12.8. The van der Waals surface area contributed by atoms with Crippen LogP contribution >= 0.6 is 34.3 Å². The average molecular weight is 802 g/mol. The van der Waals surface area contributed by atoms with Gasteiger partial charge < -0.3 is 44.7 Å². The van der Waals surface area contributed by atoms with Gasteiger partial charge in [-0.15, -0.1) is 22.7 Å². The predicted octanol–water partition coefficient (Wildman–Crippen LogP) is 7.05. The van der Waals surface area contributed by atoms with E-state index in [0.29, 0.717) is 56.4 Å². The fourth-order valence-corrected chi connectivity index (χ4v) is 9.06. The van der Waals surface area contributed by atoms with Crippen molar-refractivity contribution in [3.63, 3.8) is 0 Å². The van der Waals surface area contributed by atoms with E-state index in [9.17, 15) is 24.9 Å². The number of ether oxygens (including phenoxy) is 3. The second kappa shape index (κ2) is 18.5. The summed E-state index contributed by atoms with van der Waals surface area (Å²) in [7, 11) is 3.69. The van der Waals surface area contributed by atoms with Gasteiger partial charge in [0.15, 0.2) is 0 Å². The van der Waals surface area contributed by atoms with Crippen LogP contribution in [0.1, 0.15) is 59.1 Å². The van der Waals surface area contributed by atoms with E-state index in [1.54, 1.807) is 31.4 Å². The number of aliphatic carboxylic acids is 1. The molecule has 2 aromatic carbocycles. The summed E-state index contributed by atoms with van der Waals surface area (Å²) in [6, 6.07) is 17.4. The molecule has 15 heteroatoms. The minimum absolute atomic E-state index is 0. The van der Waals surface area contributed by atoms with Crippen molar-refractivity contribution in [3.05, 3.63) is 108 Å². The second-order valence-electron chi connectivity index (χ2n) is 13.2. The number of aromatic nitrogens is 1. The van der Waals surface area contributed by atoms with Crippen LogP contribution < -0.4 is 20.3 Å². The van der Waals surface area contributed by atoms with Crippen molar-refractivity contribution in [1.82, 2.24) is 15.2 Å². The lowest BCUT2D eigenvalue weighted by Gasteiger charge is -2.38. The van der Waals surface area contributed by atoms with Crippen LogP contribution in [0.4, 0.5) is 4.70 Å². The Labute approximate surface area is 325 Å². The number of aliphatic hydroxyl groups is 1. The van der Waals surface area contributed by atoms with Gasteiger partial charge in [-0.1, -0.05) is 29.8 Å². The molecule has 0 radical (unpaired) electrons. The lowest BCUT2D eigenvalue weighted by atomic mass is 9.90. The highest BCUT2D eigenvalue weighted by Crippen LogP contribution is 2.42. The summed E-state index contributed by atoms with van der Waals surface area (Å²) in [6.07, 6.45) is 3.11. The number of aromatic hydroxyl groups is 1. The number of fused-ring (bicyclic) bond motifs is 1. The molecular weight excluding hydrogens is 757 g/mol. The number of nitrogens with one attached hydrogen (secondary N) is 2. The van der Waals surface area contributed by atoms with Crippen molar-refractivity contribution in [2.75, 3.05) is 33.9 Å². The third kappa shape index (κ3) is 9.08. The molecule has 0 unspecified atom stereocenters. The van der Waals surface area contributed by atoms with Crippen LogP contribution in [0, 0.1) is 0 Å². The van der Waals surface area contributed by atoms with Gasteiger partial charge in [0.25, 0.3) is 0 Å². The van der Waals surface area contributed by atoms with E-state index < -0.39 is 17.7 Å². The summed E-state index contributed by atoms with van der Waals surface area (Å²) in [4.78, 5) is 30.8. The third-order valence-electron chi connectivity index (χ3n) is 9.81. The first-order valence-corrected chi connectivity index (χ1v) is 19.7. The fraction of sp³-hybridized carbons (Fsp3) is 0.385. The van der Waals surface area contributed by atoms with Crippen molar-refractivity contribution in [2.45, 2.75) is 62.5 Å². The largest absolute Gasteiger partial charge is 0.506 e. The average Bonchev–Trinajstić information content (AvgIpc) is 3.90. The third-order valence-corrected chi connectivity index (χ3v) is 12.1. The van der Waals surface area contributed by atoms with Crippen LogP contribution in [-0.2, 0) is 21.7 Å². The standard InChI is InChI=1S/C39H44ClN3O8S2.FH/c1-43(25-8-10-26(11-9-25)51-39(38(47)48,34-6-3-18-52-34)35-7-4-19-53-35)16-5-17-50-33-21-32(49-2)24(20-29(33)40)22-41-23-31(45)27-12-14-30(44)37-28(27)13-15-36(46)42-37;/h3-4,6-7,12-15,18-21,25-26,31,41,44-45H,5,8-11,16-17,22-23H2,1-2H3,(H,42,46)(H,47,48);1H/t25-,26-,31-;/m0./s1. The van der Waals surface area contributed by atoms with Crippen LogP contribution in [0.5, 0.6) is 17.2 Å². The SMILES string of the molecule is COc1cc(OCCCN(C)[C@H]2CC[C@H](OC(C(=O)O)(c3cccs3)c3cccs3)CC2)c(Cl)cc1CNC[C@H](O)c1ccc(O)c2[nH]c(=O)ccc12.F. The molecular formula is C39H45ClFN3O8S2. The Morgan fingerprint density at radius 3 is 2.39 bits per heavy atom. The highest BCUT2D eigenvalue weighted by Gasteiger charge is 2.48. The summed E-state index contributed by atoms with van der Waals surface area (Å²) in [5.74, 6) is 0.0736. The molecule has 0 bridgehead atoms. The number of thiophene rings is 2. The van der Waals surface area contributed by atoms with Gasteiger partial charge in [-0.2, -0.15) is 0 Å². The zero-order chi connectivity index (χ0) is 37.5. The summed E-state index contributed by atoms with van der Waals surface area (Å²) in [5, 5.41) is 39.6. The topological polar surface area (TPSA) is 154 Å². The highest BCUT2D eigenvalue weighted by molar-refractivity contribution is 7.12. The number of nitrogens with zero attached hydrogens (tertiary/aromatic N) is 1. The second-order valence-corrected chi connectivity index (χ2v) is 15.5. The molecule has 5 aromatic rings. The first-order valence-electron chi connectivity index (χ1n) is 17.5. The predicted molar refractivity (Wildman–Crippen MR) is 210 cm³/mol. The van der Waals surface area contributed by atoms with Crippen molar-refractivity contribution in [3.8, 4) is 17.2 Å². The summed E-state index contributed by atoms with van der Waals surface area (Å²) >= 11 is 9.44. The van der Waals surface area contributed by atoms with E-state index in [1.165, 1.54) is 34.8 Å². The minimum Gasteiger partial charge on any atom is -0.506 e. The van der Waals surface area contributed by atoms with E-state index in [-0.39, 0.29) is 34.2 Å². The monoisotopic (exact) mass is 801 g/mol. The number of benzene rings is 2. The number of H-pyrrole nitrogens is 1. The smallest absolute Gasteiger partial charge is 0.347 e. The van der Waals surface area contributed by atoms with Crippen molar-refractivity contribution in [2.24, 2.45) is 0 Å². The number of phenols is 1. The quantitative estimate of drug-likeness (QED) is 0.0619. The number of carboxylic acids is 1. The Bertz CT molecular complexity index is 2000. The number of carbonyl (C=O) groups is 1. The lowest BCUT2D eigenvalue weighted by molar-refractivity contribution is -0.170. The van der Waals surface area contributed by atoms with E-state index in [0.717, 1.165) is 44.2 Å². The van der Waals surface area contributed by atoms with Gasteiger partial charge in [0.1, 0.15) is 17.2 Å². The number of methoxy groups -OCH3 is 1. The van der Waals surface area contributed by atoms with Crippen molar-refractivity contribution < 1.29 is 39.0 Å². The molecule has 1 saturated carbocycles. The molecule has 11 nitrogen and oxygen atoms in total. The highest BCUT2D eigenvalue weighted by atomic mass is 35.5. The summed E-state index contributed by atoms with van der Waals surface area (Å²) < 4.78 is 18.3. The van der Waals surface area contributed by atoms with Gasteiger partial charge in [0.2, 0.25) is 11.2 Å². The number of carboxylic acid groups (broad SMARTS) is 1. The molecule has 1 aliphatic carbocycles. The van der Waals surface area contributed by atoms with Gasteiger partial charge in [-0.25, -0.2) is 4.79 Å². The molecule has 1 fully saturated rings. The molecule has 54 heavy (non-hydrogen) atoms. The lowest BCUT2D eigenvalue weighted by Crippen LogP contribution is -2.44. The molecule has 0 spiro atoms. The Kier molecular flexibility index (Phi) is 14.1. The van der Waals surface area contributed by atoms with Crippen molar-refractivity contribution >= 4 is 51.1 Å². The minimum atomic E-state index is -1.49. The molecule has 290 valence electrons. The van der Waals surface area contributed by atoms with Gasteiger partial charge in [-0.3, -0.25) is 9.50 Å². The maximum atomic E-state index is 12.8. The van der Waals surface area contributed by atoms with Crippen LogP contribution in [0.25, 0.3) is 10.9 Å². The number of phenolic OH excluding ortho intramolecular Hbond substituents is 1. The molecule has 3 aromatic heterocycles. The van der Waals surface area contributed by atoms with E-state index in [1.807, 2.05) is 35.0 Å². The number of hydrogen-bond acceptors (Lipinski definition) is 11. The molecule has 0 amide bonds. The normalized spacial score (nSPS) is 16.6. The first kappa shape index (κ1) is 41.1. The van der Waals surface area contributed by atoms with Gasteiger partial charge in [0.05, 0.1) is 46.2 Å². The summed E-state index contributed by atoms with van der Waals surface area (Å²) in [6.45, 7) is 1.85. The van der Waals surface area contributed by atoms with Crippen molar-refractivity contribution in [1.29, 1.82) is 0 Å². The molecule has 1 atom stereocenters. The van der Waals surface area contributed by atoms with E-state index >= 15 is 0 Å². The molecule has 6 rings (SSSR count). The molecule has 0 saturated heterocycles. The van der Waals surface area contributed by atoms with Gasteiger partial charge >= 0.3 is 5.97 Å². The van der Waals surface area contributed by atoms with Gasteiger partial charge in [0, 0.05) is 48.8 Å². The Hall–Kier alpha value is -4.02.